The number of benzene rings is 2. The molecule has 0 aromatic heterocycles. The number of halogens is 7. The number of rotatable bonds is 8. The molecule has 1 aliphatic heterocycles. The summed E-state index contributed by atoms with van der Waals surface area (Å²) in [4.78, 5) is 0. The average molecular weight is 561 g/mol. The van der Waals surface area contributed by atoms with E-state index >= 15 is 0 Å². The van der Waals surface area contributed by atoms with Crippen LogP contribution < -0.4 is 0 Å². The largest absolute Gasteiger partial charge is 0.527 e. The van der Waals surface area contributed by atoms with Crippen molar-refractivity contribution in [2.45, 2.75) is 64.2 Å². The van der Waals surface area contributed by atoms with Crippen LogP contribution in [0.3, 0.4) is 0 Å². The van der Waals surface area contributed by atoms with Crippen LogP contribution in [-0.2, 0) is 20.3 Å². The maximum absolute atomic E-state index is 14.8. The second-order valence-corrected chi connectivity index (χ2v) is 10.2. The Labute approximate surface area is 222 Å². The quantitative estimate of drug-likeness (QED) is 0.302. The van der Waals surface area contributed by atoms with Crippen molar-refractivity contribution in [2.24, 2.45) is 17.8 Å². The Balaban J connectivity index is 1.35. The molecular formula is C29H31F7O3. The monoisotopic (exact) mass is 560 g/mol. The van der Waals surface area contributed by atoms with Crippen molar-refractivity contribution in [3.8, 4) is 11.1 Å². The number of ether oxygens (including phenoxy) is 3. The summed E-state index contributed by atoms with van der Waals surface area (Å²) < 4.78 is 108. The molecule has 1 saturated heterocycles. The van der Waals surface area contributed by atoms with E-state index in [0.717, 1.165) is 76.0 Å². The van der Waals surface area contributed by atoms with Gasteiger partial charge in [0.25, 0.3) is 0 Å². The van der Waals surface area contributed by atoms with Gasteiger partial charge in [0.15, 0.2) is 6.29 Å². The Hall–Kier alpha value is -2.43. The molecule has 2 fully saturated rings. The van der Waals surface area contributed by atoms with Crippen molar-refractivity contribution in [3.05, 3.63) is 65.2 Å². The lowest BCUT2D eigenvalue weighted by Gasteiger charge is -2.37. The summed E-state index contributed by atoms with van der Waals surface area (Å²) in [6, 6.07) is 5.37. The van der Waals surface area contributed by atoms with Crippen molar-refractivity contribution >= 4 is 6.08 Å². The van der Waals surface area contributed by atoms with E-state index in [0.29, 0.717) is 29.5 Å². The van der Waals surface area contributed by atoms with E-state index in [2.05, 4.69) is 11.7 Å². The molecule has 10 heteroatoms. The minimum atomic E-state index is -5.56. The van der Waals surface area contributed by atoms with Gasteiger partial charge in [0.05, 0.1) is 24.3 Å². The van der Waals surface area contributed by atoms with E-state index in [1.807, 2.05) is 6.08 Å². The minimum absolute atomic E-state index is 0.0985. The molecule has 2 aliphatic rings. The molecule has 39 heavy (non-hydrogen) atoms. The van der Waals surface area contributed by atoms with E-state index in [9.17, 15) is 30.7 Å². The fourth-order valence-electron chi connectivity index (χ4n) is 5.26. The van der Waals surface area contributed by atoms with Gasteiger partial charge in [0.2, 0.25) is 0 Å². The van der Waals surface area contributed by atoms with Gasteiger partial charge in [-0.3, -0.25) is 0 Å². The van der Waals surface area contributed by atoms with E-state index in [1.165, 1.54) is 0 Å². The SMILES string of the molecule is CCCC1COC(C2CCC(C=Cc3cc(F)c(-c4ccc(C(F)(F)OC(F)(F)F)cc4)c(F)c3)CC2)OC1. The zero-order valence-corrected chi connectivity index (χ0v) is 21.5. The zero-order chi connectivity index (χ0) is 28.2. The second kappa shape index (κ2) is 12.4. The van der Waals surface area contributed by atoms with Crippen LogP contribution in [0.4, 0.5) is 30.7 Å². The molecule has 4 rings (SSSR count). The number of hydrogen-bond acceptors (Lipinski definition) is 3. The molecule has 1 saturated carbocycles. The number of allylic oxidation sites excluding steroid dienone is 1. The van der Waals surface area contributed by atoms with Gasteiger partial charge >= 0.3 is 12.5 Å². The van der Waals surface area contributed by atoms with Crippen molar-refractivity contribution in [3.63, 3.8) is 0 Å². The van der Waals surface area contributed by atoms with Crippen LogP contribution in [0.2, 0.25) is 0 Å². The van der Waals surface area contributed by atoms with Crippen LogP contribution in [0.15, 0.2) is 42.5 Å². The van der Waals surface area contributed by atoms with Crippen LogP contribution in [0, 0.1) is 29.4 Å². The Bertz CT molecular complexity index is 1090. The summed E-state index contributed by atoms with van der Waals surface area (Å²) in [7, 11) is 0. The van der Waals surface area contributed by atoms with Crippen LogP contribution in [-0.4, -0.2) is 25.9 Å². The van der Waals surface area contributed by atoms with E-state index in [1.54, 1.807) is 6.08 Å². The molecule has 0 atom stereocenters. The summed E-state index contributed by atoms with van der Waals surface area (Å²) >= 11 is 0. The first-order chi connectivity index (χ1) is 18.4. The van der Waals surface area contributed by atoms with E-state index < -0.39 is 35.2 Å². The summed E-state index contributed by atoms with van der Waals surface area (Å²) in [5, 5.41) is 0. The Morgan fingerprint density at radius 2 is 1.49 bits per heavy atom. The summed E-state index contributed by atoms with van der Waals surface area (Å²) in [6.07, 6.45) is -0.907. The first-order valence-corrected chi connectivity index (χ1v) is 13.1. The zero-order valence-electron chi connectivity index (χ0n) is 21.5. The van der Waals surface area contributed by atoms with Gasteiger partial charge in [0.1, 0.15) is 11.6 Å². The van der Waals surface area contributed by atoms with Crippen LogP contribution >= 0.6 is 0 Å². The maximum Gasteiger partial charge on any atom is 0.527 e. The Morgan fingerprint density at radius 1 is 0.897 bits per heavy atom. The summed E-state index contributed by atoms with van der Waals surface area (Å²) in [5.74, 6) is -0.802. The summed E-state index contributed by atoms with van der Waals surface area (Å²) in [6.45, 7) is 3.61. The van der Waals surface area contributed by atoms with E-state index in [4.69, 9.17) is 9.47 Å². The second-order valence-electron chi connectivity index (χ2n) is 10.2. The van der Waals surface area contributed by atoms with Crippen molar-refractivity contribution in [1.82, 2.24) is 0 Å². The highest BCUT2D eigenvalue weighted by molar-refractivity contribution is 5.67. The molecule has 0 radical (unpaired) electrons. The van der Waals surface area contributed by atoms with Gasteiger partial charge in [-0.2, -0.15) is 8.78 Å². The molecule has 3 nitrogen and oxygen atoms in total. The molecular weight excluding hydrogens is 529 g/mol. The highest BCUT2D eigenvalue weighted by atomic mass is 19.4. The lowest BCUT2D eigenvalue weighted by atomic mass is 9.81. The standard InChI is InChI=1S/C29H31F7O3/c1-2-3-20-16-37-27(38-17-20)22-8-6-18(7-9-22)4-5-19-14-24(30)26(25(31)15-19)21-10-12-23(13-11-21)28(32,33)39-29(34,35)36/h4-5,10-15,18,20,22,27H,2-3,6-9,16-17H2,1H3. The number of hydrogen-bond donors (Lipinski definition) is 0. The molecule has 0 N–H and O–H groups in total. The topological polar surface area (TPSA) is 27.7 Å². The van der Waals surface area contributed by atoms with Crippen molar-refractivity contribution < 1.29 is 44.9 Å². The molecule has 214 valence electrons. The molecule has 0 bridgehead atoms. The molecule has 0 amide bonds. The van der Waals surface area contributed by atoms with Gasteiger partial charge in [-0.1, -0.05) is 37.6 Å². The first kappa shape index (κ1) is 29.6. The van der Waals surface area contributed by atoms with Gasteiger partial charge in [-0.25, -0.2) is 13.5 Å². The Morgan fingerprint density at radius 3 is 2.03 bits per heavy atom. The van der Waals surface area contributed by atoms with Gasteiger partial charge in [0, 0.05) is 11.8 Å². The third-order valence-corrected chi connectivity index (χ3v) is 7.27. The third kappa shape index (κ3) is 7.83. The van der Waals surface area contributed by atoms with Crippen LogP contribution in [0.25, 0.3) is 17.2 Å². The summed E-state index contributed by atoms with van der Waals surface area (Å²) in [5.41, 5.74) is -1.36. The highest BCUT2D eigenvalue weighted by Gasteiger charge is 2.46. The first-order valence-electron chi connectivity index (χ1n) is 13.1. The predicted molar refractivity (Wildman–Crippen MR) is 131 cm³/mol. The predicted octanol–water partition coefficient (Wildman–Crippen LogP) is 8.83. The Kier molecular flexibility index (Phi) is 9.39. The lowest BCUT2D eigenvalue weighted by Crippen LogP contribution is -2.38. The minimum Gasteiger partial charge on any atom is -0.352 e. The van der Waals surface area contributed by atoms with Crippen molar-refractivity contribution in [1.29, 1.82) is 0 Å². The van der Waals surface area contributed by atoms with Gasteiger partial charge < -0.3 is 9.47 Å². The lowest BCUT2D eigenvalue weighted by molar-refractivity contribution is -0.431. The normalized spacial score (nSPS) is 24.8. The maximum atomic E-state index is 14.8. The van der Waals surface area contributed by atoms with Crippen molar-refractivity contribution in [2.75, 3.05) is 13.2 Å². The molecule has 0 spiro atoms. The molecule has 2 aromatic carbocycles. The van der Waals surface area contributed by atoms with Crippen LogP contribution in [0.5, 0.6) is 0 Å². The molecule has 1 heterocycles. The smallest absolute Gasteiger partial charge is 0.352 e. The molecule has 0 unspecified atom stereocenters. The van der Waals surface area contributed by atoms with Gasteiger partial charge in [-0.15, -0.1) is 13.2 Å². The van der Waals surface area contributed by atoms with E-state index in [-0.39, 0.29) is 17.8 Å². The fourth-order valence-corrected chi connectivity index (χ4v) is 5.26. The number of alkyl halides is 5. The third-order valence-electron chi connectivity index (χ3n) is 7.27. The van der Waals surface area contributed by atoms with Crippen LogP contribution in [0.1, 0.15) is 56.6 Å². The highest BCUT2D eigenvalue weighted by Crippen LogP contribution is 2.38. The molecule has 2 aromatic rings. The molecule has 1 aliphatic carbocycles. The average Bonchev–Trinajstić information content (AvgIpc) is 2.87. The van der Waals surface area contributed by atoms with Gasteiger partial charge in [-0.05, 0) is 73.4 Å². The fraction of sp³-hybridized carbons (Fsp3) is 0.517.